The Hall–Kier alpha value is -2.97. The minimum absolute atomic E-state index is 0.0463. The highest BCUT2D eigenvalue weighted by molar-refractivity contribution is 6.74. The van der Waals surface area contributed by atoms with Crippen LogP contribution in [0.4, 0.5) is 5.69 Å². The Kier molecular flexibility index (Phi) is 24.5. The monoisotopic (exact) mass is 1030 g/mol. The van der Waals surface area contributed by atoms with Crippen LogP contribution >= 0.6 is 0 Å². The van der Waals surface area contributed by atoms with E-state index >= 15 is 0 Å². The van der Waals surface area contributed by atoms with Crippen LogP contribution < -0.4 is 4.89 Å². The predicted molar refractivity (Wildman–Crippen MR) is 287 cm³/mol. The number of rotatable bonds is 28. The Bertz CT molecular complexity index is 1860. The van der Waals surface area contributed by atoms with E-state index in [4.69, 9.17) is 37.3 Å². The summed E-state index contributed by atoms with van der Waals surface area (Å²) in [5, 5.41) is 11.2. The van der Waals surface area contributed by atoms with Crippen LogP contribution in [0.3, 0.4) is 0 Å². The van der Waals surface area contributed by atoms with Gasteiger partial charge in [0, 0.05) is 43.6 Å². The van der Waals surface area contributed by atoms with Crippen molar-refractivity contribution in [1.29, 1.82) is 0 Å². The Labute approximate surface area is 425 Å². The lowest BCUT2D eigenvalue weighted by molar-refractivity contribution is -0.384. The molecule has 0 radical (unpaired) electrons. The van der Waals surface area contributed by atoms with Gasteiger partial charge in [-0.25, -0.2) is 9.68 Å². The molecule has 0 spiro atoms. The summed E-state index contributed by atoms with van der Waals surface area (Å²) in [5.74, 6) is -2.00. The predicted octanol–water partition coefficient (Wildman–Crippen LogP) is 14.0. The molecule has 0 aromatic heterocycles. The first-order valence-corrected chi connectivity index (χ1v) is 34.3. The van der Waals surface area contributed by atoms with Crippen LogP contribution in [0.25, 0.3) is 0 Å². The van der Waals surface area contributed by atoms with Crippen molar-refractivity contribution in [3.05, 3.63) is 70.3 Å². The van der Waals surface area contributed by atoms with Crippen LogP contribution in [-0.4, -0.2) is 90.6 Å². The molecular formula is C54H93NO12Si3. The van der Waals surface area contributed by atoms with Gasteiger partial charge in [0.1, 0.15) is 12.0 Å². The molecule has 1 aromatic carbocycles. The van der Waals surface area contributed by atoms with Crippen molar-refractivity contribution in [2.45, 2.75) is 232 Å². The average molecular weight is 1030 g/mol. The van der Waals surface area contributed by atoms with Crippen molar-refractivity contribution in [2.75, 3.05) is 7.11 Å². The lowest BCUT2D eigenvalue weighted by atomic mass is 9.82. The maximum absolute atomic E-state index is 14.2. The Morgan fingerprint density at radius 1 is 0.914 bits per heavy atom. The van der Waals surface area contributed by atoms with Crippen LogP contribution in [-0.2, 0) is 42.0 Å². The smallest absolute Gasteiger partial charge is 0.365 e. The summed E-state index contributed by atoms with van der Waals surface area (Å²) < 4.78 is 40.5. The summed E-state index contributed by atoms with van der Waals surface area (Å²) >= 11 is 0. The van der Waals surface area contributed by atoms with Crippen LogP contribution in [0.2, 0.25) is 54.4 Å². The highest BCUT2D eigenvalue weighted by Crippen LogP contribution is 2.43. The van der Waals surface area contributed by atoms with Crippen LogP contribution in [0.15, 0.2) is 60.2 Å². The van der Waals surface area contributed by atoms with Gasteiger partial charge in [0.05, 0.1) is 40.9 Å². The standard InChI is InChI=1S/C54H93NO12Si3/c1-17-47(66-69(21-5,22-6)23-7)42(13)51-48(61-51)39-53(14,67-70(24-8,25-9)26-10)36-27-28-40(11)50-41(12)29-34-46(52(57)64-63-44-32-30-43(31-33-44)55(58)59)54(15,60-16)37-35-45(38-49(56)62-50)65-68(18-2,19-3)20-4/h27-34,36,41-42,45-48,50-51H,17-26,35,37-39H2,1-16H3/b34-29+,36-27+,40-28+. The number of nitro groups is 1. The summed E-state index contributed by atoms with van der Waals surface area (Å²) in [5.41, 5.74) is -0.992. The Morgan fingerprint density at radius 2 is 1.49 bits per heavy atom. The summed E-state index contributed by atoms with van der Waals surface area (Å²) in [6.07, 6.45) is 11.5. The van der Waals surface area contributed by atoms with Gasteiger partial charge in [0.25, 0.3) is 5.69 Å². The van der Waals surface area contributed by atoms with Gasteiger partial charge in [-0.15, -0.1) is 0 Å². The lowest BCUT2D eigenvalue weighted by Gasteiger charge is -2.39. The molecule has 2 aliphatic rings. The van der Waals surface area contributed by atoms with Gasteiger partial charge in [-0.1, -0.05) is 113 Å². The fraction of sp³-hybridized carbons (Fsp3) is 0.741. The topological polar surface area (TPSA) is 154 Å². The van der Waals surface area contributed by atoms with Crippen molar-refractivity contribution in [3.63, 3.8) is 0 Å². The zero-order valence-corrected chi connectivity index (χ0v) is 49.1. The number of nitrogens with zero attached hydrogens (tertiary/aromatic N) is 1. The number of non-ortho nitro benzene ring substituents is 1. The second-order valence-corrected chi connectivity index (χ2v) is 34.7. The van der Waals surface area contributed by atoms with Crippen LogP contribution in [0.1, 0.15) is 136 Å². The molecule has 1 saturated heterocycles. The molecule has 2 aliphatic heterocycles. The number of hydrogen-bond donors (Lipinski definition) is 0. The molecule has 398 valence electrons. The second-order valence-electron chi connectivity index (χ2n) is 20.6. The zero-order valence-electron chi connectivity index (χ0n) is 46.1. The van der Waals surface area contributed by atoms with E-state index in [1.165, 1.54) is 24.3 Å². The van der Waals surface area contributed by atoms with E-state index in [0.717, 1.165) is 72.8 Å². The van der Waals surface area contributed by atoms with E-state index in [9.17, 15) is 19.7 Å². The van der Waals surface area contributed by atoms with Gasteiger partial charge in [0.15, 0.2) is 30.7 Å². The molecule has 70 heavy (non-hydrogen) atoms. The summed E-state index contributed by atoms with van der Waals surface area (Å²) in [4.78, 5) is 49.8. The highest BCUT2D eigenvalue weighted by Gasteiger charge is 2.51. The van der Waals surface area contributed by atoms with E-state index in [2.05, 4.69) is 89.2 Å². The fourth-order valence-electron chi connectivity index (χ4n) is 10.4. The first-order valence-electron chi connectivity index (χ1n) is 26.7. The molecule has 0 bridgehead atoms. The third kappa shape index (κ3) is 16.5. The van der Waals surface area contributed by atoms with Gasteiger partial charge in [-0.2, -0.15) is 0 Å². The molecule has 10 atom stereocenters. The second kappa shape index (κ2) is 27.9. The maximum atomic E-state index is 14.2. The molecule has 16 heteroatoms. The molecule has 1 aromatic rings. The number of carbonyl (C=O) groups is 2. The van der Waals surface area contributed by atoms with Gasteiger partial charge in [-0.3, -0.25) is 19.8 Å². The van der Waals surface area contributed by atoms with Gasteiger partial charge in [0.2, 0.25) is 0 Å². The van der Waals surface area contributed by atoms with E-state index in [0.29, 0.717) is 12.8 Å². The van der Waals surface area contributed by atoms with Gasteiger partial charge in [-0.05, 0) is 112 Å². The van der Waals surface area contributed by atoms with Crippen molar-refractivity contribution >= 4 is 42.6 Å². The number of benzene rings is 1. The minimum Gasteiger partial charge on any atom is -0.457 e. The molecule has 3 rings (SSSR count). The third-order valence-electron chi connectivity index (χ3n) is 16.4. The van der Waals surface area contributed by atoms with Crippen molar-refractivity contribution in [3.8, 4) is 5.75 Å². The number of ether oxygens (including phenoxy) is 3. The van der Waals surface area contributed by atoms with Crippen LogP contribution in [0.5, 0.6) is 5.75 Å². The first kappa shape index (κ1) is 61.3. The van der Waals surface area contributed by atoms with E-state index in [-0.39, 0.29) is 54.0 Å². The SMILES string of the molecule is CCC(O[Si](CC)(CC)CC)C(C)C1OC1CC(C)(/C=C/C=C(\C)C1OC(=O)CC(O[Si](CC)(CC)CC)CCC(C)(OC)C(C(=O)OOc2ccc([N+](=O)[O-])cc2)/C=C/C1C)O[Si](CC)(CC)CC. The normalized spacial score (nSPS) is 26.3. The number of epoxide rings is 1. The van der Waals surface area contributed by atoms with Crippen molar-refractivity contribution < 1.29 is 51.8 Å². The number of cyclic esters (lactones) is 1. The lowest BCUT2D eigenvalue weighted by Crippen LogP contribution is -2.46. The number of carbonyl (C=O) groups excluding carboxylic acids is 2. The number of methoxy groups -OCH3 is 1. The number of allylic oxidation sites excluding steroid dienone is 2. The summed E-state index contributed by atoms with van der Waals surface area (Å²) in [6, 6.07) is 14.4. The van der Waals surface area contributed by atoms with Gasteiger partial charge >= 0.3 is 11.9 Å². The van der Waals surface area contributed by atoms with Gasteiger partial charge < -0.3 is 27.5 Å². The third-order valence-corrected chi connectivity index (χ3v) is 30.5. The molecule has 0 aliphatic carbocycles. The molecule has 2 heterocycles. The van der Waals surface area contributed by atoms with Crippen molar-refractivity contribution in [1.82, 2.24) is 0 Å². The van der Waals surface area contributed by atoms with Crippen molar-refractivity contribution in [2.24, 2.45) is 17.8 Å². The van der Waals surface area contributed by atoms with E-state index in [1.54, 1.807) is 13.2 Å². The number of esters is 1. The molecule has 10 unspecified atom stereocenters. The first-order chi connectivity index (χ1) is 33.1. The average Bonchev–Trinajstić information content (AvgIpc) is 4.13. The molecular weight excluding hydrogens is 939 g/mol. The molecule has 1 fully saturated rings. The highest BCUT2D eigenvalue weighted by atomic mass is 28.4. The summed E-state index contributed by atoms with van der Waals surface area (Å²) in [7, 11) is -4.52. The minimum atomic E-state index is -2.20. The number of nitro benzene ring substituents is 1. The maximum Gasteiger partial charge on any atom is 0.365 e. The molecule has 0 N–H and O–H groups in total. The zero-order chi connectivity index (χ0) is 52.5. The molecule has 0 saturated carbocycles. The largest absolute Gasteiger partial charge is 0.457 e. The van der Waals surface area contributed by atoms with E-state index < -0.39 is 65.2 Å². The Morgan fingerprint density at radius 3 is 2.00 bits per heavy atom. The van der Waals surface area contributed by atoms with Crippen LogP contribution in [0, 0.1) is 27.9 Å². The summed E-state index contributed by atoms with van der Waals surface area (Å²) in [6.45, 7) is 32.6. The molecule has 13 nitrogen and oxygen atoms in total. The van der Waals surface area contributed by atoms with E-state index in [1.807, 2.05) is 39.0 Å². The molecule has 0 amide bonds. The Balaban J connectivity index is 2.05. The fourth-order valence-corrected chi connectivity index (χ4v) is 19.4. The number of hydrogen-bond acceptors (Lipinski definition) is 12. The quantitative estimate of drug-likeness (QED) is 0.0115.